The molecule has 0 fully saturated rings. The molecule has 0 N–H and O–H groups in total. The molecule has 0 saturated carbocycles. The Kier molecular flexibility index (Phi) is 4.57. The molecule has 2 heteroatoms. The summed E-state index contributed by atoms with van der Waals surface area (Å²) in [6, 6.07) is 0. The van der Waals surface area contributed by atoms with E-state index in [1.165, 1.54) is 19.3 Å². The van der Waals surface area contributed by atoms with Crippen molar-refractivity contribution in [3.63, 3.8) is 0 Å². The Balaban J connectivity index is 2.30. The van der Waals surface area contributed by atoms with E-state index in [9.17, 15) is 9.59 Å². The molecule has 2 nitrogen and oxygen atoms in total. The summed E-state index contributed by atoms with van der Waals surface area (Å²) in [6.07, 6.45) is 8.02. The van der Waals surface area contributed by atoms with Crippen LogP contribution in [0, 0.1) is 0 Å². The molecule has 0 aromatic rings. The number of hydrogen-bond donors (Lipinski definition) is 0. The predicted octanol–water partition coefficient (Wildman–Crippen LogP) is 2.82. The maximum Gasteiger partial charge on any atom is 0.165 e. The fourth-order valence-electron chi connectivity index (χ4n) is 1.70. The van der Waals surface area contributed by atoms with Gasteiger partial charge < -0.3 is 0 Å². The smallest absolute Gasteiger partial charge is 0.165 e. The standard InChI is InChI=1S/C12H18O2/c1-2-3-4-5-6-10-7-8-11(13)9-12(10)14/h7H,2-6,8-9H2,1H3. The molecule has 14 heavy (non-hydrogen) atoms. The number of carbonyl (C=O) groups excluding carboxylic acids is 2. The number of ketones is 2. The highest BCUT2D eigenvalue weighted by Crippen LogP contribution is 2.17. The molecule has 0 bridgehead atoms. The van der Waals surface area contributed by atoms with E-state index in [0.29, 0.717) is 6.42 Å². The summed E-state index contributed by atoms with van der Waals surface area (Å²) in [7, 11) is 0. The normalized spacial score (nSPS) is 17.1. The molecule has 1 aliphatic carbocycles. The number of allylic oxidation sites excluding steroid dienone is 2. The van der Waals surface area contributed by atoms with E-state index < -0.39 is 0 Å². The van der Waals surface area contributed by atoms with Crippen LogP contribution in [-0.4, -0.2) is 11.6 Å². The minimum absolute atomic E-state index is 0.0535. The van der Waals surface area contributed by atoms with Gasteiger partial charge in [-0.05, 0) is 18.4 Å². The first kappa shape index (κ1) is 11.2. The lowest BCUT2D eigenvalue weighted by Crippen LogP contribution is -2.14. The molecule has 0 atom stereocenters. The summed E-state index contributed by atoms with van der Waals surface area (Å²) < 4.78 is 0. The lowest BCUT2D eigenvalue weighted by atomic mass is 9.93. The SMILES string of the molecule is CCCCCCC1=CCC(=O)CC1=O. The lowest BCUT2D eigenvalue weighted by Gasteiger charge is -2.10. The summed E-state index contributed by atoms with van der Waals surface area (Å²) >= 11 is 0. The molecular weight excluding hydrogens is 176 g/mol. The van der Waals surface area contributed by atoms with E-state index in [4.69, 9.17) is 0 Å². The van der Waals surface area contributed by atoms with Crippen molar-refractivity contribution in [3.05, 3.63) is 11.6 Å². The van der Waals surface area contributed by atoms with Crippen LogP contribution >= 0.6 is 0 Å². The monoisotopic (exact) mass is 194 g/mol. The van der Waals surface area contributed by atoms with E-state index in [2.05, 4.69) is 6.92 Å². The molecule has 78 valence electrons. The number of carbonyl (C=O) groups is 2. The Hall–Kier alpha value is -0.920. The van der Waals surface area contributed by atoms with Crippen molar-refractivity contribution in [3.8, 4) is 0 Å². The second-order valence-electron chi connectivity index (χ2n) is 3.88. The molecule has 0 aromatic heterocycles. The van der Waals surface area contributed by atoms with Gasteiger partial charge in [0.25, 0.3) is 0 Å². The van der Waals surface area contributed by atoms with Crippen LogP contribution in [0.15, 0.2) is 11.6 Å². The first-order valence-electron chi connectivity index (χ1n) is 5.48. The lowest BCUT2D eigenvalue weighted by molar-refractivity contribution is -0.125. The van der Waals surface area contributed by atoms with Crippen LogP contribution in [0.5, 0.6) is 0 Å². The van der Waals surface area contributed by atoms with E-state index in [0.717, 1.165) is 18.4 Å². The highest BCUT2D eigenvalue weighted by molar-refractivity contribution is 6.10. The molecule has 0 radical (unpaired) electrons. The van der Waals surface area contributed by atoms with Crippen LogP contribution in [0.1, 0.15) is 51.9 Å². The van der Waals surface area contributed by atoms with Crippen LogP contribution in [-0.2, 0) is 9.59 Å². The number of unbranched alkanes of at least 4 members (excludes halogenated alkanes) is 3. The van der Waals surface area contributed by atoms with Gasteiger partial charge in [0.2, 0.25) is 0 Å². The van der Waals surface area contributed by atoms with Crippen molar-refractivity contribution in [1.29, 1.82) is 0 Å². The molecule has 0 saturated heterocycles. The van der Waals surface area contributed by atoms with Gasteiger partial charge in [0.15, 0.2) is 5.78 Å². The molecule has 0 heterocycles. The van der Waals surface area contributed by atoms with Crippen molar-refractivity contribution >= 4 is 11.6 Å². The summed E-state index contributed by atoms with van der Waals surface area (Å²) in [5.41, 5.74) is 0.890. The molecule has 0 amide bonds. The molecular formula is C12H18O2. The number of hydrogen-bond acceptors (Lipinski definition) is 2. The molecule has 0 aromatic carbocycles. The first-order valence-corrected chi connectivity index (χ1v) is 5.48. The van der Waals surface area contributed by atoms with Gasteiger partial charge in [-0.2, -0.15) is 0 Å². The zero-order chi connectivity index (χ0) is 10.4. The average Bonchev–Trinajstić information content (AvgIpc) is 2.15. The largest absolute Gasteiger partial charge is 0.299 e. The Labute approximate surface area is 85.4 Å². The van der Waals surface area contributed by atoms with E-state index in [1.54, 1.807) is 0 Å². The Morgan fingerprint density at radius 3 is 2.64 bits per heavy atom. The molecule has 0 spiro atoms. The predicted molar refractivity (Wildman–Crippen MR) is 56.1 cm³/mol. The van der Waals surface area contributed by atoms with Gasteiger partial charge in [-0.3, -0.25) is 9.59 Å². The third-order valence-electron chi connectivity index (χ3n) is 2.59. The summed E-state index contributed by atoms with van der Waals surface area (Å²) in [5.74, 6) is 0.116. The zero-order valence-corrected chi connectivity index (χ0v) is 8.84. The van der Waals surface area contributed by atoms with E-state index in [1.807, 2.05) is 6.08 Å². The van der Waals surface area contributed by atoms with Crippen LogP contribution in [0.3, 0.4) is 0 Å². The Morgan fingerprint density at radius 2 is 2.00 bits per heavy atom. The van der Waals surface area contributed by atoms with Crippen molar-refractivity contribution in [2.24, 2.45) is 0 Å². The highest BCUT2D eigenvalue weighted by atomic mass is 16.1. The summed E-state index contributed by atoms with van der Waals surface area (Å²) in [6.45, 7) is 2.17. The van der Waals surface area contributed by atoms with Crippen molar-refractivity contribution < 1.29 is 9.59 Å². The van der Waals surface area contributed by atoms with Gasteiger partial charge >= 0.3 is 0 Å². The molecule has 1 rings (SSSR count). The fraction of sp³-hybridized carbons (Fsp3) is 0.667. The van der Waals surface area contributed by atoms with E-state index >= 15 is 0 Å². The highest BCUT2D eigenvalue weighted by Gasteiger charge is 2.18. The minimum Gasteiger partial charge on any atom is -0.299 e. The zero-order valence-electron chi connectivity index (χ0n) is 8.84. The Bertz CT molecular complexity index is 251. The maximum absolute atomic E-state index is 11.4. The summed E-state index contributed by atoms with van der Waals surface area (Å²) in [5, 5.41) is 0. The van der Waals surface area contributed by atoms with Crippen LogP contribution in [0.4, 0.5) is 0 Å². The minimum atomic E-state index is 0.0535. The first-order chi connectivity index (χ1) is 6.74. The second-order valence-corrected chi connectivity index (χ2v) is 3.88. The fourth-order valence-corrected chi connectivity index (χ4v) is 1.70. The van der Waals surface area contributed by atoms with E-state index in [-0.39, 0.29) is 18.0 Å². The van der Waals surface area contributed by atoms with Crippen LogP contribution < -0.4 is 0 Å². The van der Waals surface area contributed by atoms with Gasteiger partial charge in [-0.15, -0.1) is 0 Å². The number of Topliss-reactive ketones (excluding diaryl/α,β-unsaturated/α-hetero) is 2. The van der Waals surface area contributed by atoms with Crippen molar-refractivity contribution in [2.75, 3.05) is 0 Å². The van der Waals surface area contributed by atoms with Crippen molar-refractivity contribution in [1.82, 2.24) is 0 Å². The summed E-state index contributed by atoms with van der Waals surface area (Å²) in [4.78, 5) is 22.3. The average molecular weight is 194 g/mol. The molecule has 1 aliphatic rings. The molecule has 0 aliphatic heterocycles. The van der Waals surface area contributed by atoms with Crippen LogP contribution in [0.25, 0.3) is 0 Å². The topological polar surface area (TPSA) is 34.1 Å². The number of rotatable bonds is 5. The van der Waals surface area contributed by atoms with Gasteiger partial charge in [-0.25, -0.2) is 0 Å². The second kappa shape index (κ2) is 5.74. The van der Waals surface area contributed by atoms with Gasteiger partial charge in [0.1, 0.15) is 5.78 Å². The van der Waals surface area contributed by atoms with Gasteiger partial charge in [0.05, 0.1) is 6.42 Å². The third kappa shape index (κ3) is 3.44. The quantitative estimate of drug-likeness (QED) is 0.498. The van der Waals surface area contributed by atoms with Crippen LogP contribution in [0.2, 0.25) is 0 Å². The maximum atomic E-state index is 11.4. The van der Waals surface area contributed by atoms with Gasteiger partial charge in [0, 0.05) is 6.42 Å². The van der Waals surface area contributed by atoms with Crippen molar-refractivity contribution in [2.45, 2.75) is 51.9 Å². The third-order valence-corrected chi connectivity index (χ3v) is 2.59. The molecule has 0 unspecified atom stereocenters. The Morgan fingerprint density at radius 1 is 1.21 bits per heavy atom. The van der Waals surface area contributed by atoms with Gasteiger partial charge in [-0.1, -0.05) is 32.3 Å².